The summed E-state index contributed by atoms with van der Waals surface area (Å²) in [6.45, 7) is 3.03. The first-order valence-electron chi connectivity index (χ1n) is 11.3. The van der Waals surface area contributed by atoms with Crippen LogP contribution in [0.25, 0.3) is 0 Å². The highest BCUT2D eigenvalue weighted by Crippen LogP contribution is 2.61. The van der Waals surface area contributed by atoms with Crippen LogP contribution in [0, 0.1) is 23.2 Å². The van der Waals surface area contributed by atoms with Gasteiger partial charge < -0.3 is 10.6 Å². The lowest BCUT2D eigenvalue weighted by Gasteiger charge is -2.59. The molecule has 4 saturated carbocycles. The summed E-state index contributed by atoms with van der Waals surface area (Å²) in [5, 5.41) is 7.82. The van der Waals surface area contributed by atoms with Crippen LogP contribution in [0.4, 0.5) is 0 Å². The Morgan fingerprint density at radius 1 is 0.714 bits per heavy atom. The molecule has 0 spiro atoms. The van der Waals surface area contributed by atoms with E-state index in [1.807, 2.05) is 0 Å². The average Bonchev–Trinajstić information content (AvgIpc) is 2.71. The smallest absolute Gasteiger partial charge is 0.0252 e. The molecule has 28 heavy (non-hydrogen) atoms. The fourth-order valence-electron chi connectivity index (χ4n) is 6.90. The maximum atomic E-state index is 4.02. The number of hydrogen-bond acceptors (Lipinski definition) is 2. The zero-order valence-corrected chi connectivity index (χ0v) is 16.9. The van der Waals surface area contributed by atoms with Crippen molar-refractivity contribution in [3.05, 3.63) is 71.8 Å². The topological polar surface area (TPSA) is 24.1 Å². The quantitative estimate of drug-likeness (QED) is 0.668. The molecule has 4 aliphatic carbocycles. The summed E-state index contributed by atoms with van der Waals surface area (Å²) in [6.07, 6.45) is 8.92. The third-order valence-corrected chi connectivity index (χ3v) is 7.74. The molecule has 2 aromatic carbocycles. The van der Waals surface area contributed by atoms with E-state index < -0.39 is 0 Å². The molecular formula is C26H34N2. The van der Waals surface area contributed by atoms with Crippen LogP contribution in [0.3, 0.4) is 0 Å². The SMILES string of the molecule is c1ccc(CNC[C@@H](NCc2ccccc2)C23CC4CC(CC(C4)C2)C3)cc1. The molecule has 148 valence electrons. The van der Waals surface area contributed by atoms with Crippen molar-refractivity contribution in [3.8, 4) is 0 Å². The molecule has 0 saturated heterocycles. The average molecular weight is 375 g/mol. The third kappa shape index (κ3) is 3.90. The fraction of sp³-hybridized carbons (Fsp3) is 0.538. The number of rotatable bonds is 8. The third-order valence-electron chi connectivity index (χ3n) is 7.74. The van der Waals surface area contributed by atoms with Crippen LogP contribution in [0.2, 0.25) is 0 Å². The summed E-state index contributed by atoms with van der Waals surface area (Å²) in [6, 6.07) is 22.3. The zero-order valence-electron chi connectivity index (χ0n) is 16.9. The second-order valence-electron chi connectivity index (χ2n) is 9.82. The molecule has 0 unspecified atom stereocenters. The lowest BCUT2D eigenvalue weighted by Crippen LogP contribution is -2.58. The first-order valence-corrected chi connectivity index (χ1v) is 11.3. The van der Waals surface area contributed by atoms with Gasteiger partial charge in [-0.3, -0.25) is 0 Å². The lowest BCUT2D eigenvalue weighted by molar-refractivity contribution is -0.0737. The molecule has 6 rings (SSSR count). The van der Waals surface area contributed by atoms with Crippen molar-refractivity contribution in [2.24, 2.45) is 23.2 Å². The molecule has 4 bridgehead atoms. The summed E-state index contributed by atoms with van der Waals surface area (Å²) < 4.78 is 0. The van der Waals surface area contributed by atoms with Gasteiger partial charge >= 0.3 is 0 Å². The van der Waals surface area contributed by atoms with E-state index in [9.17, 15) is 0 Å². The van der Waals surface area contributed by atoms with Gasteiger partial charge in [-0.2, -0.15) is 0 Å². The van der Waals surface area contributed by atoms with E-state index in [1.54, 1.807) is 0 Å². The number of nitrogens with one attached hydrogen (secondary N) is 2. The van der Waals surface area contributed by atoms with Gasteiger partial charge in [-0.15, -0.1) is 0 Å². The molecule has 0 amide bonds. The molecule has 0 aromatic heterocycles. The Hall–Kier alpha value is -1.64. The molecule has 0 aliphatic heterocycles. The van der Waals surface area contributed by atoms with Crippen LogP contribution in [-0.4, -0.2) is 12.6 Å². The minimum Gasteiger partial charge on any atom is -0.311 e. The van der Waals surface area contributed by atoms with Crippen LogP contribution in [-0.2, 0) is 13.1 Å². The Balaban J connectivity index is 1.29. The Labute approximate surface area is 170 Å². The molecule has 2 nitrogen and oxygen atoms in total. The highest BCUT2D eigenvalue weighted by molar-refractivity contribution is 5.16. The highest BCUT2D eigenvalue weighted by atomic mass is 15.0. The maximum absolute atomic E-state index is 4.02. The van der Waals surface area contributed by atoms with E-state index in [-0.39, 0.29) is 0 Å². The predicted octanol–water partition coefficient (Wildman–Crippen LogP) is 5.15. The van der Waals surface area contributed by atoms with Gasteiger partial charge in [0.1, 0.15) is 0 Å². The van der Waals surface area contributed by atoms with Crippen LogP contribution in [0.15, 0.2) is 60.7 Å². The molecule has 2 heteroatoms. The summed E-state index contributed by atoms with van der Waals surface area (Å²) >= 11 is 0. The van der Waals surface area contributed by atoms with Crippen molar-refractivity contribution in [1.82, 2.24) is 10.6 Å². The predicted molar refractivity (Wildman–Crippen MR) is 116 cm³/mol. The van der Waals surface area contributed by atoms with Crippen molar-refractivity contribution in [2.45, 2.75) is 57.7 Å². The largest absolute Gasteiger partial charge is 0.311 e. The maximum Gasteiger partial charge on any atom is 0.0252 e. The van der Waals surface area contributed by atoms with E-state index in [4.69, 9.17) is 0 Å². The Bertz CT molecular complexity index is 719. The van der Waals surface area contributed by atoms with Crippen LogP contribution in [0.5, 0.6) is 0 Å². The lowest BCUT2D eigenvalue weighted by atomic mass is 9.47. The van der Waals surface area contributed by atoms with Crippen molar-refractivity contribution in [1.29, 1.82) is 0 Å². The number of hydrogen-bond donors (Lipinski definition) is 2. The van der Waals surface area contributed by atoms with Crippen LogP contribution in [0.1, 0.15) is 49.7 Å². The summed E-state index contributed by atoms with van der Waals surface area (Å²) in [5.74, 6) is 3.00. The van der Waals surface area contributed by atoms with E-state index in [0.717, 1.165) is 37.4 Å². The van der Waals surface area contributed by atoms with Crippen LogP contribution < -0.4 is 10.6 Å². The molecule has 4 fully saturated rings. The van der Waals surface area contributed by atoms with Crippen LogP contribution >= 0.6 is 0 Å². The standard InChI is InChI=1S/C26H34N2/c1-3-7-20(8-4-1)17-27-19-25(28-18-21-9-5-2-6-10-21)26-14-22-11-23(15-26)13-24(12-22)16-26/h1-10,22-25,27-28H,11-19H2/t22?,23?,24?,25-,26?/m1/s1. The zero-order chi connectivity index (χ0) is 18.8. The van der Waals surface area contributed by atoms with Gasteiger partial charge in [-0.25, -0.2) is 0 Å². The summed E-state index contributed by atoms with van der Waals surface area (Å²) in [4.78, 5) is 0. The van der Waals surface area contributed by atoms with Crippen molar-refractivity contribution < 1.29 is 0 Å². The second-order valence-corrected chi connectivity index (χ2v) is 9.82. The molecule has 1 atom stereocenters. The van der Waals surface area contributed by atoms with Crippen molar-refractivity contribution in [3.63, 3.8) is 0 Å². The molecule has 2 N–H and O–H groups in total. The minimum atomic E-state index is 0.521. The molecule has 0 radical (unpaired) electrons. The molecule has 2 aromatic rings. The van der Waals surface area contributed by atoms with Gasteiger partial charge in [-0.1, -0.05) is 60.7 Å². The highest BCUT2D eigenvalue weighted by Gasteiger charge is 2.53. The molecule has 0 heterocycles. The first-order chi connectivity index (χ1) is 13.8. The van der Waals surface area contributed by atoms with Crippen molar-refractivity contribution in [2.75, 3.05) is 6.54 Å². The van der Waals surface area contributed by atoms with Crippen molar-refractivity contribution >= 4 is 0 Å². The number of benzene rings is 2. The van der Waals surface area contributed by atoms with E-state index in [1.165, 1.54) is 49.7 Å². The summed E-state index contributed by atoms with van der Waals surface area (Å²) in [5.41, 5.74) is 3.31. The van der Waals surface area contributed by atoms with Gasteiger partial charge in [-0.05, 0) is 72.8 Å². The van der Waals surface area contributed by atoms with Gasteiger partial charge in [0.25, 0.3) is 0 Å². The van der Waals surface area contributed by atoms with E-state index >= 15 is 0 Å². The Morgan fingerprint density at radius 2 is 1.21 bits per heavy atom. The van der Waals surface area contributed by atoms with E-state index in [2.05, 4.69) is 71.3 Å². The Morgan fingerprint density at radius 3 is 1.75 bits per heavy atom. The molecule has 4 aliphatic rings. The van der Waals surface area contributed by atoms with Gasteiger partial charge in [0.2, 0.25) is 0 Å². The monoisotopic (exact) mass is 374 g/mol. The Kier molecular flexibility index (Phi) is 5.26. The van der Waals surface area contributed by atoms with E-state index in [0.29, 0.717) is 11.5 Å². The van der Waals surface area contributed by atoms with Gasteiger partial charge in [0.15, 0.2) is 0 Å². The summed E-state index contributed by atoms with van der Waals surface area (Å²) in [7, 11) is 0. The molecular weight excluding hydrogens is 340 g/mol. The normalized spacial score (nSPS) is 31.8. The first kappa shape index (κ1) is 18.4. The van der Waals surface area contributed by atoms with Gasteiger partial charge in [0, 0.05) is 25.7 Å². The van der Waals surface area contributed by atoms with Gasteiger partial charge in [0.05, 0.1) is 0 Å². The fourth-order valence-corrected chi connectivity index (χ4v) is 6.90. The minimum absolute atomic E-state index is 0.521. The second kappa shape index (κ2) is 8.00.